The molecule has 1 N–H and O–H groups in total. The van der Waals surface area contributed by atoms with Gasteiger partial charge in [0.15, 0.2) is 0 Å². The van der Waals surface area contributed by atoms with E-state index in [1.165, 1.54) is 12.1 Å². The number of anilines is 1. The lowest BCUT2D eigenvalue weighted by Crippen LogP contribution is -2.13. The number of carbonyl (C=O) groups excluding carboxylic acids is 1. The average Bonchev–Trinajstić information content (AvgIpc) is 3.34. The molecular formula is C27H18F3N3O2. The molecule has 4 aromatic rings. The second-order valence-electron chi connectivity index (χ2n) is 7.84. The minimum absolute atomic E-state index is 0.0859. The third-order valence-corrected chi connectivity index (χ3v) is 5.51. The van der Waals surface area contributed by atoms with Crippen molar-refractivity contribution in [2.45, 2.75) is 12.6 Å². The van der Waals surface area contributed by atoms with Crippen LogP contribution in [0.4, 0.5) is 18.9 Å². The van der Waals surface area contributed by atoms with E-state index in [0.717, 1.165) is 40.9 Å². The van der Waals surface area contributed by atoms with Crippen molar-refractivity contribution in [1.29, 1.82) is 0 Å². The molecule has 0 atom stereocenters. The lowest BCUT2D eigenvalue weighted by molar-refractivity contribution is -0.137. The number of aromatic nitrogens is 2. The molecule has 2 heterocycles. The largest absolute Gasteiger partial charge is 0.438 e. The predicted molar refractivity (Wildman–Crippen MR) is 126 cm³/mol. The van der Waals surface area contributed by atoms with Crippen molar-refractivity contribution in [2.24, 2.45) is 0 Å². The Kier molecular flexibility index (Phi) is 5.78. The third kappa shape index (κ3) is 4.77. The first-order chi connectivity index (χ1) is 16.9. The SMILES string of the molecule is O=C(Nc1ccc(Oc2ncccc2-c2ccnc3c2C=CC3)cc1)c1cccc(C(F)(F)F)c1. The number of nitrogens with zero attached hydrogens (tertiary/aromatic N) is 2. The average molecular weight is 473 g/mol. The summed E-state index contributed by atoms with van der Waals surface area (Å²) in [7, 11) is 0. The van der Waals surface area contributed by atoms with Crippen LogP contribution in [0, 0.1) is 0 Å². The zero-order valence-corrected chi connectivity index (χ0v) is 18.2. The third-order valence-electron chi connectivity index (χ3n) is 5.51. The molecule has 2 aromatic heterocycles. The van der Waals surface area contributed by atoms with Crippen molar-refractivity contribution in [1.82, 2.24) is 9.97 Å². The molecule has 0 aliphatic heterocycles. The van der Waals surface area contributed by atoms with E-state index in [1.54, 1.807) is 36.7 Å². The minimum atomic E-state index is -4.52. The molecule has 0 fully saturated rings. The van der Waals surface area contributed by atoms with Gasteiger partial charge in [-0.3, -0.25) is 9.78 Å². The van der Waals surface area contributed by atoms with Crippen LogP contribution >= 0.6 is 0 Å². The van der Waals surface area contributed by atoms with Crippen LogP contribution in [0.2, 0.25) is 0 Å². The number of nitrogens with one attached hydrogen (secondary N) is 1. The maximum absolute atomic E-state index is 12.9. The highest BCUT2D eigenvalue weighted by molar-refractivity contribution is 6.04. The molecule has 0 saturated carbocycles. The first-order valence-electron chi connectivity index (χ1n) is 10.7. The van der Waals surface area contributed by atoms with E-state index < -0.39 is 17.6 Å². The van der Waals surface area contributed by atoms with Crippen LogP contribution in [-0.2, 0) is 12.6 Å². The van der Waals surface area contributed by atoms with Crippen molar-refractivity contribution in [2.75, 3.05) is 5.32 Å². The van der Waals surface area contributed by atoms with Crippen LogP contribution in [0.5, 0.6) is 11.6 Å². The Bertz CT molecular complexity index is 1430. The molecule has 35 heavy (non-hydrogen) atoms. The van der Waals surface area contributed by atoms with Gasteiger partial charge in [-0.15, -0.1) is 0 Å². The normalized spacial score (nSPS) is 12.3. The number of rotatable bonds is 5. The molecule has 0 spiro atoms. The Hall–Kier alpha value is -4.46. The number of ether oxygens (including phenoxy) is 1. The van der Waals surface area contributed by atoms with E-state index in [2.05, 4.69) is 21.4 Å². The van der Waals surface area contributed by atoms with Crippen LogP contribution in [-0.4, -0.2) is 15.9 Å². The van der Waals surface area contributed by atoms with Crippen LogP contribution in [0.3, 0.4) is 0 Å². The molecule has 0 bridgehead atoms. The van der Waals surface area contributed by atoms with Gasteiger partial charge in [-0.2, -0.15) is 13.2 Å². The van der Waals surface area contributed by atoms with Crippen molar-refractivity contribution in [3.63, 3.8) is 0 Å². The highest BCUT2D eigenvalue weighted by Crippen LogP contribution is 2.36. The maximum atomic E-state index is 12.9. The van der Waals surface area contributed by atoms with Gasteiger partial charge < -0.3 is 10.1 Å². The van der Waals surface area contributed by atoms with Crippen LogP contribution in [0.15, 0.2) is 85.2 Å². The van der Waals surface area contributed by atoms with Gasteiger partial charge in [0.05, 0.1) is 11.3 Å². The molecule has 8 heteroatoms. The summed E-state index contributed by atoms with van der Waals surface area (Å²) >= 11 is 0. The molecule has 0 radical (unpaired) electrons. The van der Waals surface area contributed by atoms with Crippen molar-refractivity contribution < 1.29 is 22.7 Å². The number of allylic oxidation sites excluding steroid dienone is 1. The van der Waals surface area contributed by atoms with Crippen LogP contribution < -0.4 is 10.1 Å². The fourth-order valence-electron chi connectivity index (χ4n) is 3.82. The van der Waals surface area contributed by atoms with Crippen LogP contribution in [0.1, 0.15) is 27.2 Å². The molecule has 5 nitrogen and oxygen atoms in total. The summed E-state index contributed by atoms with van der Waals surface area (Å²) in [5, 5.41) is 2.60. The smallest absolute Gasteiger partial charge is 0.416 e. The van der Waals surface area contributed by atoms with Gasteiger partial charge in [-0.25, -0.2) is 4.98 Å². The summed E-state index contributed by atoms with van der Waals surface area (Å²) in [6, 6.07) is 16.5. The highest BCUT2D eigenvalue weighted by Gasteiger charge is 2.30. The van der Waals surface area contributed by atoms with Gasteiger partial charge in [-0.05, 0) is 66.2 Å². The fourth-order valence-corrected chi connectivity index (χ4v) is 3.82. The zero-order valence-electron chi connectivity index (χ0n) is 18.2. The Morgan fingerprint density at radius 2 is 1.74 bits per heavy atom. The number of halogens is 3. The van der Waals surface area contributed by atoms with Crippen LogP contribution in [0.25, 0.3) is 17.2 Å². The number of amides is 1. The number of hydrogen-bond acceptors (Lipinski definition) is 4. The second kappa shape index (κ2) is 9.06. The quantitative estimate of drug-likeness (QED) is 0.347. The number of pyridine rings is 2. The minimum Gasteiger partial charge on any atom is -0.438 e. The highest BCUT2D eigenvalue weighted by atomic mass is 19.4. The number of fused-ring (bicyclic) bond motifs is 1. The number of carbonyl (C=O) groups is 1. The second-order valence-corrected chi connectivity index (χ2v) is 7.84. The van der Waals surface area contributed by atoms with Crippen molar-refractivity contribution in [3.05, 3.63) is 108 Å². The van der Waals surface area contributed by atoms with Crippen molar-refractivity contribution in [3.8, 4) is 22.8 Å². The lowest BCUT2D eigenvalue weighted by atomic mass is 10.0. The van der Waals surface area contributed by atoms with Gasteiger partial charge in [0, 0.05) is 41.2 Å². The van der Waals surface area contributed by atoms with Crippen molar-refractivity contribution >= 4 is 17.7 Å². The van der Waals surface area contributed by atoms with E-state index >= 15 is 0 Å². The Labute approximate surface area is 198 Å². The van der Waals surface area contributed by atoms with Gasteiger partial charge in [0.2, 0.25) is 5.88 Å². The standard InChI is InChI=1S/C27H18F3N3O2/c28-27(29,30)18-5-1-4-17(16-18)25(34)33-19-9-11-20(12-10-19)35-26-23(7-3-14-32-26)21-13-15-31-24-8-2-6-22(21)24/h1-7,9-16H,8H2,(H,33,34). The molecule has 174 valence electrons. The van der Waals surface area contributed by atoms with Gasteiger partial charge in [-0.1, -0.05) is 18.2 Å². The molecule has 2 aromatic carbocycles. The van der Waals surface area contributed by atoms with E-state index in [0.29, 0.717) is 17.3 Å². The van der Waals surface area contributed by atoms with E-state index in [4.69, 9.17) is 4.74 Å². The Morgan fingerprint density at radius 3 is 2.54 bits per heavy atom. The molecule has 1 aliphatic rings. The predicted octanol–water partition coefficient (Wildman–Crippen LogP) is 6.78. The summed E-state index contributed by atoms with van der Waals surface area (Å²) in [4.78, 5) is 21.2. The van der Waals surface area contributed by atoms with Gasteiger partial charge >= 0.3 is 6.18 Å². The molecule has 5 rings (SSSR count). The molecular weight excluding hydrogens is 455 g/mol. The number of alkyl halides is 3. The van der Waals surface area contributed by atoms with E-state index in [-0.39, 0.29) is 5.56 Å². The first kappa shape index (κ1) is 22.3. The molecule has 1 amide bonds. The Morgan fingerprint density at radius 1 is 0.914 bits per heavy atom. The topological polar surface area (TPSA) is 64.1 Å². The van der Waals surface area contributed by atoms with E-state index in [9.17, 15) is 18.0 Å². The molecule has 0 unspecified atom stereocenters. The maximum Gasteiger partial charge on any atom is 0.416 e. The fraction of sp³-hybridized carbons (Fsp3) is 0.0741. The molecule has 1 aliphatic carbocycles. The summed E-state index contributed by atoms with van der Waals surface area (Å²) < 4.78 is 44.8. The van der Waals surface area contributed by atoms with E-state index in [1.807, 2.05) is 24.3 Å². The van der Waals surface area contributed by atoms with Gasteiger partial charge in [0.25, 0.3) is 5.91 Å². The van der Waals surface area contributed by atoms with Gasteiger partial charge in [0.1, 0.15) is 5.75 Å². The Balaban J connectivity index is 1.33. The monoisotopic (exact) mass is 473 g/mol. The summed E-state index contributed by atoms with van der Waals surface area (Å²) in [5.74, 6) is 0.265. The summed E-state index contributed by atoms with van der Waals surface area (Å²) in [5.41, 5.74) is 3.28. The first-order valence-corrected chi connectivity index (χ1v) is 10.7. The number of hydrogen-bond donors (Lipinski definition) is 1. The number of benzene rings is 2. The summed E-state index contributed by atoms with van der Waals surface area (Å²) in [6.45, 7) is 0. The lowest BCUT2D eigenvalue weighted by Gasteiger charge is -2.13. The summed E-state index contributed by atoms with van der Waals surface area (Å²) in [6.07, 6.45) is 3.76. The molecule has 0 saturated heterocycles. The zero-order chi connectivity index (χ0) is 24.4.